The first-order chi connectivity index (χ1) is 9.26. The summed E-state index contributed by atoms with van der Waals surface area (Å²) < 4.78 is 0. The molecule has 0 spiro atoms. The zero-order chi connectivity index (χ0) is 13.7. The van der Waals surface area contributed by atoms with Gasteiger partial charge in [0.15, 0.2) is 6.29 Å². The molecule has 6 heteroatoms. The molecule has 2 N–H and O–H groups in total. The summed E-state index contributed by atoms with van der Waals surface area (Å²) in [4.78, 5) is 15.5. The molecule has 2 rings (SSSR count). The number of hydrogen-bond donors (Lipinski definition) is 1. The minimum Gasteiger partial charge on any atom is -0.330 e. The van der Waals surface area contributed by atoms with Gasteiger partial charge in [0, 0.05) is 34.6 Å². The predicted octanol–water partition coefficient (Wildman–Crippen LogP) is 3.69. The van der Waals surface area contributed by atoms with E-state index in [2.05, 4.69) is 4.98 Å². The first-order valence-electron chi connectivity index (χ1n) is 5.79. The van der Waals surface area contributed by atoms with Crippen LogP contribution >= 0.6 is 35.8 Å². The molecule has 1 heterocycles. The maximum Gasteiger partial charge on any atom is 0.150 e. The topological polar surface area (TPSA) is 56.0 Å². The van der Waals surface area contributed by atoms with Crippen LogP contribution in [0.2, 0.25) is 5.02 Å². The van der Waals surface area contributed by atoms with Crippen LogP contribution in [0.1, 0.15) is 10.4 Å². The summed E-state index contributed by atoms with van der Waals surface area (Å²) in [6.07, 6.45) is 2.56. The van der Waals surface area contributed by atoms with Crippen molar-refractivity contribution in [3.63, 3.8) is 0 Å². The normalized spacial score (nSPS) is 9.90. The van der Waals surface area contributed by atoms with Gasteiger partial charge in [-0.1, -0.05) is 17.7 Å². The van der Waals surface area contributed by atoms with Crippen molar-refractivity contribution >= 4 is 42.1 Å². The van der Waals surface area contributed by atoms with E-state index in [1.165, 1.54) is 0 Å². The molecule has 1 aromatic carbocycles. The molecule has 1 aromatic heterocycles. The zero-order valence-corrected chi connectivity index (χ0v) is 13.0. The van der Waals surface area contributed by atoms with Gasteiger partial charge in [-0.05, 0) is 29.8 Å². The summed E-state index contributed by atoms with van der Waals surface area (Å²) in [5, 5.41) is 1.46. The number of rotatable bonds is 5. The van der Waals surface area contributed by atoms with Crippen molar-refractivity contribution in [3.05, 3.63) is 47.1 Å². The van der Waals surface area contributed by atoms with Crippen LogP contribution in [0.5, 0.6) is 0 Å². The summed E-state index contributed by atoms with van der Waals surface area (Å²) in [6.45, 7) is 0.580. The smallest absolute Gasteiger partial charge is 0.150 e. The molecule has 0 atom stereocenters. The molecule has 0 unspecified atom stereocenters. The van der Waals surface area contributed by atoms with Crippen LogP contribution in [0.4, 0.5) is 0 Å². The minimum absolute atomic E-state index is 0. The molecular weight excluding hydrogens is 315 g/mol. The van der Waals surface area contributed by atoms with Crippen molar-refractivity contribution in [3.8, 4) is 11.1 Å². The molecule has 0 amide bonds. The van der Waals surface area contributed by atoms with Crippen molar-refractivity contribution in [2.75, 3.05) is 12.3 Å². The second-order valence-corrected chi connectivity index (χ2v) is 5.36. The van der Waals surface area contributed by atoms with Crippen LogP contribution in [0.3, 0.4) is 0 Å². The van der Waals surface area contributed by atoms with E-state index in [0.29, 0.717) is 17.1 Å². The van der Waals surface area contributed by atoms with Gasteiger partial charge >= 0.3 is 0 Å². The summed E-state index contributed by atoms with van der Waals surface area (Å²) in [6, 6.07) is 8.99. The first kappa shape index (κ1) is 17.0. The molecule has 0 saturated carbocycles. The second-order valence-electron chi connectivity index (χ2n) is 3.84. The maximum absolute atomic E-state index is 11.1. The molecule has 106 valence electrons. The number of aldehydes is 1. The number of thioether (sulfide) groups is 1. The highest BCUT2D eigenvalue weighted by molar-refractivity contribution is 7.99. The third-order valence-electron chi connectivity index (χ3n) is 2.56. The number of aromatic nitrogens is 1. The van der Waals surface area contributed by atoms with Crippen LogP contribution < -0.4 is 5.73 Å². The van der Waals surface area contributed by atoms with Crippen molar-refractivity contribution in [2.45, 2.75) is 5.03 Å². The van der Waals surface area contributed by atoms with E-state index in [4.69, 9.17) is 17.3 Å². The van der Waals surface area contributed by atoms with Crippen LogP contribution in [-0.2, 0) is 0 Å². The van der Waals surface area contributed by atoms with Crippen LogP contribution in [0.25, 0.3) is 11.1 Å². The number of carbonyl (C=O) groups is 1. The number of benzene rings is 1. The maximum atomic E-state index is 11.1. The van der Waals surface area contributed by atoms with E-state index in [-0.39, 0.29) is 12.4 Å². The average Bonchev–Trinajstić information content (AvgIpc) is 2.45. The highest BCUT2D eigenvalue weighted by Crippen LogP contribution is 2.32. The number of halogens is 2. The fourth-order valence-corrected chi connectivity index (χ4v) is 2.68. The number of nitrogens with two attached hydrogens (primary N) is 1. The second kappa shape index (κ2) is 8.27. The molecule has 2 aromatic rings. The Morgan fingerprint density at radius 3 is 2.80 bits per heavy atom. The number of nitrogens with zero attached hydrogens (tertiary/aromatic N) is 1. The quantitative estimate of drug-likeness (QED) is 0.671. The van der Waals surface area contributed by atoms with Gasteiger partial charge in [-0.3, -0.25) is 4.79 Å². The van der Waals surface area contributed by atoms with E-state index in [1.807, 2.05) is 12.1 Å². The molecule has 20 heavy (non-hydrogen) atoms. The van der Waals surface area contributed by atoms with Gasteiger partial charge in [-0.25, -0.2) is 4.98 Å². The number of pyridine rings is 1. The van der Waals surface area contributed by atoms with Gasteiger partial charge in [0.25, 0.3) is 0 Å². The fraction of sp³-hybridized carbons (Fsp3) is 0.143. The van der Waals surface area contributed by atoms with E-state index in [0.717, 1.165) is 28.2 Å². The summed E-state index contributed by atoms with van der Waals surface area (Å²) in [5.74, 6) is 0.779. The van der Waals surface area contributed by atoms with E-state index >= 15 is 0 Å². The Hall–Kier alpha value is -1.07. The molecular formula is C14H14Cl2N2OS. The third-order valence-corrected chi connectivity index (χ3v) is 3.83. The van der Waals surface area contributed by atoms with Gasteiger partial charge < -0.3 is 5.73 Å². The molecule has 0 saturated heterocycles. The largest absolute Gasteiger partial charge is 0.330 e. The van der Waals surface area contributed by atoms with Gasteiger partial charge in [0.2, 0.25) is 0 Å². The van der Waals surface area contributed by atoms with Crippen molar-refractivity contribution in [1.29, 1.82) is 0 Å². The van der Waals surface area contributed by atoms with E-state index in [1.54, 1.807) is 36.2 Å². The van der Waals surface area contributed by atoms with Gasteiger partial charge in [-0.15, -0.1) is 24.2 Å². The van der Waals surface area contributed by atoms with Gasteiger partial charge in [0.1, 0.15) is 5.03 Å². The molecule has 0 aliphatic rings. The van der Waals surface area contributed by atoms with Crippen molar-refractivity contribution < 1.29 is 4.79 Å². The Morgan fingerprint density at radius 1 is 1.30 bits per heavy atom. The third kappa shape index (κ3) is 3.96. The Bertz CT molecular complexity index is 593. The fourth-order valence-electron chi connectivity index (χ4n) is 1.73. The first-order valence-corrected chi connectivity index (χ1v) is 7.15. The highest BCUT2D eigenvalue weighted by Gasteiger charge is 2.11. The summed E-state index contributed by atoms with van der Waals surface area (Å²) in [5.41, 5.74) is 7.83. The van der Waals surface area contributed by atoms with Crippen molar-refractivity contribution in [2.24, 2.45) is 5.73 Å². The van der Waals surface area contributed by atoms with Crippen LogP contribution in [0.15, 0.2) is 41.6 Å². The lowest BCUT2D eigenvalue weighted by atomic mass is 10.0. The van der Waals surface area contributed by atoms with Gasteiger partial charge in [0.05, 0.1) is 0 Å². The molecule has 3 nitrogen and oxygen atoms in total. The standard InChI is InChI=1S/C14H13ClN2OS.ClH/c15-11-4-3-10(9-18)13(8-11)12-2-1-6-17-14(12)19-7-5-16;/h1-4,6,8-9H,5,7,16H2;1H. The SMILES string of the molecule is Cl.NCCSc1ncccc1-c1cc(Cl)ccc1C=O. The van der Waals surface area contributed by atoms with Gasteiger partial charge in [-0.2, -0.15) is 0 Å². The highest BCUT2D eigenvalue weighted by atomic mass is 35.5. The zero-order valence-electron chi connectivity index (χ0n) is 10.6. The lowest BCUT2D eigenvalue weighted by molar-refractivity contribution is 0.112. The lowest BCUT2D eigenvalue weighted by Crippen LogP contribution is -2.02. The number of carbonyl (C=O) groups excluding carboxylic acids is 1. The Balaban J connectivity index is 0.00000200. The Labute approximate surface area is 133 Å². The van der Waals surface area contributed by atoms with E-state index in [9.17, 15) is 4.79 Å². The monoisotopic (exact) mass is 328 g/mol. The van der Waals surface area contributed by atoms with Crippen molar-refractivity contribution in [1.82, 2.24) is 4.98 Å². The molecule has 0 fully saturated rings. The molecule has 0 aliphatic carbocycles. The predicted molar refractivity (Wildman–Crippen MR) is 87.1 cm³/mol. The lowest BCUT2D eigenvalue weighted by Gasteiger charge is -2.10. The molecule has 0 aliphatic heterocycles. The van der Waals surface area contributed by atoms with Crippen LogP contribution in [0, 0.1) is 0 Å². The van der Waals surface area contributed by atoms with E-state index < -0.39 is 0 Å². The summed E-state index contributed by atoms with van der Waals surface area (Å²) in [7, 11) is 0. The number of hydrogen-bond acceptors (Lipinski definition) is 4. The average molecular weight is 329 g/mol. The molecule has 0 bridgehead atoms. The summed E-state index contributed by atoms with van der Waals surface area (Å²) >= 11 is 7.59. The Morgan fingerprint density at radius 2 is 2.10 bits per heavy atom. The van der Waals surface area contributed by atoms with Crippen LogP contribution in [-0.4, -0.2) is 23.6 Å². The Kier molecular flexibility index (Phi) is 7.02. The minimum atomic E-state index is 0. The molecule has 0 radical (unpaired) electrons.